The summed E-state index contributed by atoms with van der Waals surface area (Å²) in [6.45, 7) is 2.93. The third-order valence-electron chi connectivity index (χ3n) is 3.78. The van der Waals surface area contributed by atoms with Crippen molar-refractivity contribution in [2.24, 2.45) is 5.92 Å². The van der Waals surface area contributed by atoms with Crippen LogP contribution in [0.2, 0.25) is 0 Å². The van der Waals surface area contributed by atoms with Crippen LogP contribution in [0.4, 0.5) is 8.78 Å². The number of rotatable bonds is 3. The molecule has 1 saturated heterocycles. The molecule has 1 aromatic heterocycles. The standard InChI is InChI=1S/C12H19F2N3O2S/c1-8-4-6-16(7-5-8)20(18,19)11-9(2)15-17(10(11)3)12(13)14/h8,12H,4-7H2,1-3H3. The van der Waals surface area contributed by atoms with E-state index >= 15 is 0 Å². The van der Waals surface area contributed by atoms with Crippen LogP contribution in [-0.4, -0.2) is 35.6 Å². The zero-order valence-corrected chi connectivity index (χ0v) is 12.6. The number of aromatic nitrogens is 2. The maximum Gasteiger partial charge on any atom is 0.333 e. The topological polar surface area (TPSA) is 55.2 Å². The third-order valence-corrected chi connectivity index (χ3v) is 5.94. The summed E-state index contributed by atoms with van der Waals surface area (Å²) >= 11 is 0. The summed E-state index contributed by atoms with van der Waals surface area (Å²) in [5.74, 6) is 0.493. The van der Waals surface area contributed by atoms with E-state index in [0.717, 1.165) is 12.8 Å². The lowest BCUT2D eigenvalue weighted by Gasteiger charge is -2.29. The van der Waals surface area contributed by atoms with E-state index in [1.807, 2.05) is 0 Å². The van der Waals surface area contributed by atoms with Crippen LogP contribution in [0.25, 0.3) is 0 Å². The van der Waals surface area contributed by atoms with E-state index in [1.54, 1.807) is 0 Å². The second kappa shape index (κ2) is 5.40. The summed E-state index contributed by atoms with van der Waals surface area (Å²) in [7, 11) is -3.74. The summed E-state index contributed by atoms with van der Waals surface area (Å²) in [4.78, 5) is -0.0765. The predicted molar refractivity (Wildman–Crippen MR) is 70.1 cm³/mol. The molecule has 8 heteroatoms. The van der Waals surface area contributed by atoms with Crippen LogP contribution in [-0.2, 0) is 10.0 Å². The Hall–Kier alpha value is -1.02. The van der Waals surface area contributed by atoms with Crippen LogP contribution in [0.3, 0.4) is 0 Å². The van der Waals surface area contributed by atoms with Crippen molar-refractivity contribution < 1.29 is 17.2 Å². The highest BCUT2D eigenvalue weighted by Crippen LogP contribution is 2.29. The van der Waals surface area contributed by atoms with Gasteiger partial charge in [-0.05, 0) is 32.6 Å². The molecule has 20 heavy (non-hydrogen) atoms. The zero-order valence-electron chi connectivity index (χ0n) is 11.8. The Labute approximate surface area is 117 Å². The maximum atomic E-state index is 12.8. The summed E-state index contributed by atoms with van der Waals surface area (Å²) in [5, 5.41) is 3.65. The fourth-order valence-electron chi connectivity index (χ4n) is 2.57. The number of nitrogens with zero attached hydrogens (tertiary/aromatic N) is 3. The van der Waals surface area contributed by atoms with E-state index in [0.29, 0.717) is 23.7 Å². The van der Waals surface area contributed by atoms with Gasteiger partial charge >= 0.3 is 6.55 Å². The first kappa shape index (κ1) is 15.4. The lowest BCUT2D eigenvalue weighted by molar-refractivity contribution is 0.0538. The van der Waals surface area contributed by atoms with E-state index in [-0.39, 0.29) is 16.3 Å². The number of piperidine rings is 1. The molecule has 0 atom stereocenters. The highest BCUT2D eigenvalue weighted by Gasteiger charge is 2.33. The first-order valence-corrected chi connectivity index (χ1v) is 8.03. The summed E-state index contributed by atoms with van der Waals surface area (Å²) in [6.07, 6.45) is 1.58. The molecule has 1 aliphatic rings. The quantitative estimate of drug-likeness (QED) is 0.861. The summed E-state index contributed by atoms with van der Waals surface area (Å²) in [6, 6.07) is 0. The van der Waals surface area contributed by atoms with Gasteiger partial charge in [0.15, 0.2) is 0 Å². The predicted octanol–water partition coefficient (Wildman–Crippen LogP) is 2.32. The van der Waals surface area contributed by atoms with Gasteiger partial charge in [0.2, 0.25) is 10.0 Å². The van der Waals surface area contributed by atoms with E-state index in [4.69, 9.17) is 0 Å². The minimum absolute atomic E-state index is 0.00359. The van der Waals surface area contributed by atoms with Crippen molar-refractivity contribution in [1.82, 2.24) is 14.1 Å². The second-order valence-electron chi connectivity index (χ2n) is 5.31. The summed E-state index contributed by atoms with van der Waals surface area (Å²) < 4.78 is 52.6. The zero-order chi connectivity index (χ0) is 15.1. The van der Waals surface area contributed by atoms with Crippen molar-refractivity contribution >= 4 is 10.0 Å². The van der Waals surface area contributed by atoms with Gasteiger partial charge in [-0.2, -0.15) is 18.2 Å². The Morgan fingerprint density at radius 3 is 2.25 bits per heavy atom. The molecule has 5 nitrogen and oxygen atoms in total. The van der Waals surface area contributed by atoms with Crippen molar-refractivity contribution in [3.05, 3.63) is 11.4 Å². The number of halogens is 2. The molecule has 0 saturated carbocycles. The van der Waals surface area contributed by atoms with Crippen LogP contribution in [0, 0.1) is 19.8 Å². The third kappa shape index (κ3) is 2.58. The first-order valence-electron chi connectivity index (χ1n) is 6.59. The average Bonchev–Trinajstić information content (AvgIpc) is 2.66. The molecule has 0 radical (unpaired) electrons. The van der Waals surface area contributed by atoms with Gasteiger partial charge in [-0.3, -0.25) is 0 Å². The van der Waals surface area contributed by atoms with Gasteiger partial charge in [-0.1, -0.05) is 6.92 Å². The lowest BCUT2D eigenvalue weighted by atomic mass is 10.0. The fraction of sp³-hybridized carbons (Fsp3) is 0.750. The maximum absolute atomic E-state index is 12.8. The van der Waals surface area contributed by atoms with Gasteiger partial charge in [0, 0.05) is 13.1 Å². The normalized spacial score (nSPS) is 18.9. The van der Waals surface area contributed by atoms with E-state index in [1.165, 1.54) is 18.2 Å². The van der Waals surface area contributed by atoms with Crippen LogP contribution < -0.4 is 0 Å². The largest absolute Gasteiger partial charge is 0.333 e. The molecule has 1 fully saturated rings. The molecule has 0 N–H and O–H groups in total. The molecule has 0 aliphatic carbocycles. The van der Waals surface area contributed by atoms with Crippen LogP contribution in [0.5, 0.6) is 0 Å². The number of hydrogen-bond acceptors (Lipinski definition) is 3. The number of hydrogen-bond donors (Lipinski definition) is 0. The highest BCUT2D eigenvalue weighted by atomic mass is 32.2. The SMILES string of the molecule is Cc1nn(C(F)F)c(C)c1S(=O)(=O)N1CCC(C)CC1. The summed E-state index contributed by atoms with van der Waals surface area (Å²) in [5.41, 5.74) is 0.123. The van der Waals surface area contributed by atoms with E-state index in [9.17, 15) is 17.2 Å². The molecular formula is C12H19F2N3O2S. The molecule has 0 bridgehead atoms. The van der Waals surface area contributed by atoms with Crippen LogP contribution in [0.1, 0.15) is 37.7 Å². The smallest absolute Gasteiger partial charge is 0.207 e. The van der Waals surface area contributed by atoms with Crippen LogP contribution in [0.15, 0.2) is 4.90 Å². The van der Waals surface area contributed by atoms with Gasteiger partial charge in [-0.15, -0.1) is 0 Å². The van der Waals surface area contributed by atoms with E-state index in [2.05, 4.69) is 12.0 Å². The second-order valence-corrected chi connectivity index (χ2v) is 7.18. The van der Waals surface area contributed by atoms with Gasteiger partial charge in [-0.25, -0.2) is 13.1 Å². The first-order chi connectivity index (χ1) is 9.25. The molecule has 1 aliphatic heterocycles. The molecule has 2 heterocycles. The van der Waals surface area contributed by atoms with Gasteiger partial charge < -0.3 is 0 Å². The fourth-order valence-corrected chi connectivity index (χ4v) is 4.40. The monoisotopic (exact) mass is 307 g/mol. The Morgan fingerprint density at radius 2 is 1.80 bits per heavy atom. The molecule has 0 spiro atoms. The Balaban J connectivity index is 2.40. The van der Waals surface area contributed by atoms with Gasteiger partial charge in [0.25, 0.3) is 0 Å². The Bertz CT molecular complexity index is 590. The van der Waals surface area contributed by atoms with Gasteiger partial charge in [0.1, 0.15) is 4.90 Å². The minimum Gasteiger partial charge on any atom is -0.207 e. The molecule has 114 valence electrons. The molecule has 1 aromatic rings. The van der Waals surface area contributed by atoms with Crippen molar-refractivity contribution in [1.29, 1.82) is 0 Å². The van der Waals surface area contributed by atoms with Crippen molar-refractivity contribution in [2.75, 3.05) is 13.1 Å². The number of aryl methyl sites for hydroxylation is 1. The van der Waals surface area contributed by atoms with Crippen LogP contribution >= 0.6 is 0 Å². The van der Waals surface area contributed by atoms with Gasteiger partial charge in [0.05, 0.1) is 11.4 Å². The average molecular weight is 307 g/mol. The molecule has 0 aromatic carbocycles. The molecule has 0 unspecified atom stereocenters. The Kier molecular flexibility index (Phi) is 4.15. The number of alkyl halides is 2. The molecular weight excluding hydrogens is 288 g/mol. The van der Waals surface area contributed by atoms with Crippen molar-refractivity contribution in [2.45, 2.75) is 45.1 Å². The minimum atomic E-state index is -3.74. The van der Waals surface area contributed by atoms with Crippen molar-refractivity contribution in [3.63, 3.8) is 0 Å². The van der Waals surface area contributed by atoms with Crippen molar-refractivity contribution in [3.8, 4) is 0 Å². The molecule has 2 rings (SSSR count). The highest BCUT2D eigenvalue weighted by molar-refractivity contribution is 7.89. The Morgan fingerprint density at radius 1 is 1.25 bits per heavy atom. The number of sulfonamides is 1. The lowest BCUT2D eigenvalue weighted by Crippen LogP contribution is -2.38. The molecule has 0 amide bonds. The van der Waals surface area contributed by atoms with E-state index < -0.39 is 16.6 Å².